The van der Waals surface area contributed by atoms with E-state index in [1.807, 2.05) is 18.2 Å². The van der Waals surface area contributed by atoms with Gasteiger partial charge >= 0.3 is 0 Å². The lowest BCUT2D eigenvalue weighted by Gasteiger charge is -2.17. The van der Waals surface area contributed by atoms with Gasteiger partial charge in [-0.05, 0) is 47.5 Å². The zero-order valence-electron chi connectivity index (χ0n) is 17.9. The maximum Gasteiger partial charge on any atom is 0.243 e. The van der Waals surface area contributed by atoms with E-state index < -0.39 is 15.9 Å². The average Bonchev–Trinajstić information content (AvgIpc) is 2.82. The molecule has 0 spiro atoms. The van der Waals surface area contributed by atoms with E-state index in [9.17, 15) is 13.2 Å². The van der Waals surface area contributed by atoms with Crippen molar-refractivity contribution < 1.29 is 22.7 Å². The van der Waals surface area contributed by atoms with Gasteiger partial charge in [0.2, 0.25) is 15.9 Å². The second kappa shape index (κ2) is 10.7. The normalized spacial score (nSPS) is 11.2. The van der Waals surface area contributed by atoms with Gasteiger partial charge in [-0.25, -0.2) is 8.42 Å². The molecule has 0 atom stereocenters. The number of hydrogen-bond donors (Lipinski definition) is 1. The van der Waals surface area contributed by atoms with Crippen LogP contribution in [0.25, 0.3) is 0 Å². The molecule has 0 aliphatic rings. The molecule has 8 nitrogen and oxygen atoms in total. The third kappa shape index (κ3) is 6.05. The van der Waals surface area contributed by atoms with Crippen molar-refractivity contribution in [1.29, 1.82) is 0 Å². The molecule has 1 amide bonds. The molecular formula is C23H25N3O5S. The van der Waals surface area contributed by atoms with Gasteiger partial charge in [0.25, 0.3) is 0 Å². The highest BCUT2D eigenvalue weighted by atomic mass is 32.2. The summed E-state index contributed by atoms with van der Waals surface area (Å²) in [6, 6.07) is 17.1. The van der Waals surface area contributed by atoms with Crippen molar-refractivity contribution in [1.82, 2.24) is 14.6 Å². The number of nitrogens with zero attached hydrogens (tertiary/aromatic N) is 2. The fourth-order valence-electron chi connectivity index (χ4n) is 2.90. The van der Waals surface area contributed by atoms with Gasteiger partial charge in [0.05, 0.1) is 18.6 Å². The van der Waals surface area contributed by atoms with Gasteiger partial charge in [-0.3, -0.25) is 9.78 Å². The van der Waals surface area contributed by atoms with Gasteiger partial charge in [0.15, 0.2) is 11.5 Å². The highest BCUT2D eigenvalue weighted by Crippen LogP contribution is 2.28. The average molecular weight is 456 g/mol. The van der Waals surface area contributed by atoms with Gasteiger partial charge in [-0.2, -0.15) is 4.31 Å². The van der Waals surface area contributed by atoms with Crippen LogP contribution in [0.5, 0.6) is 11.5 Å². The van der Waals surface area contributed by atoms with Crippen LogP contribution in [0.3, 0.4) is 0 Å². The molecule has 3 aromatic rings. The minimum atomic E-state index is -3.73. The van der Waals surface area contributed by atoms with Crippen LogP contribution in [0.4, 0.5) is 0 Å². The highest BCUT2D eigenvalue weighted by molar-refractivity contribution is 7.89. The Morgan fingerprint density at radius 1 is 1.00 bits per heavy atom. The SMILES string of the molecule is COc1cc(CNC(=O)CN(C)S(=O)(=O)c2ccccc2)ccc1OCc1ccncc1. The summed E-state index contributed by atoms with van der Waals surface area (Å²) in [4.78, 5) is 16.4. The Morgan fingerprint density at radius 2 is 1.72 bits per heavy atom. The smallest absolute Gasteiger partial charge is 0.243 e. The van der Waals surface area contributed by atoms with Crippen molar-refractivity contribution in [2.75, 3.05) is 20.7 Å². The lowest BCUT2D eigenvalue weighted by molar-refractivity contribution is -0.121. The van der Waals surface area contributed by atoms with Gasteiger partial charge in [0, 0.05) is 26.0 Å². The number of methoxy groups -OCH3 is 1. The quantitative estimate of drug-likeness (QED) is 0.505. The van der Waals surface area contributed by atoms with Crippen LogP contribution in [0, 0.1) is 0 Å². The predicted octanol–water partition coefficient (Wildman–Crippen LogP) is 2.61. The fraction of sp³-hybridized carbons (Fsp3) is 0.217. The monoisotopic (exact) mass is 455 g/mol. The molecule has 0 saturated carbocycles. The van der Waals surface area contributed by atoms with Crippen LogP contribution >= 0.6 is 0 Å². The van der Waals surface area contributed by atoms with Gasteiger partial charge in [-0.15, -0.1) is 0 Å². The molecule has 0 bridgehead atoms. The van der Waals surface area contributed by atoms with E-state index in [2.05, 4.69) is 10.3 Å². The number of carbonyl (C=O) groups excluding carboxylic acids is 1. The Morgan fingerprint density at radius 3 is 2.41 bits per heavy atom. The van der Waals surface area contributed by atoms with Crippen LogP contribution in [0.15, 0.2) is 78.0 Å². The van der Waals surface area contributed by atoms with Crippen molar-refractivity contribution in [2.45, 2.75) is 18.0 Å². The topological polar surface area (TPSA) is 97.8 Å². The lowest BCUT2D eigenvalue weighted by atomic mass is 10.2. The Balaban J connectivity index is 1.56. The summed E-state index contributed by atoms with van der Waals surface area (Å²) >= 11 is 0. The third-order valence-corrected chi connectivity index (χ3v) is 6.50. The molecule has 2 aromatic carbocycles. The van der Waals surface area contributed by atoms with Crippen LogP contribution in [0.1, 0.15) is 11.1 Å². The predicted molar refractivity (Wildman–Crippen MR) is 120 cm³/mol. The van der Waals surface area contributed by atoms with Crippen molar-refractivity contribution in [3.05, 3.63) is 84.2 Å². The standard InChI is InChI=1S/C23H25N3O5S/c1-26(32(28,29)20-6-4-3-5-7-20)16-23(27)25-15-19-8-9-21(22(14-19)30-2)31-17-18-10-12-24-13-11-18/h3-14H,15-17H2,1-2H3,(H,25,27). The molecule has 0 aliphatic carbocycles. The summed E-state index contributed by atoms with van der Waals surface area (Å²) in [5.74, 6) is 0.701. The molecule has 1 heterocycles. The molecule has 0 fully saturated rings. The van der Waals surface area contributed by atoms with Crippen LogP contribution in [-0.4, -0.2) is 44.3 Å². The molecule has 1 aromatic heterocycles. The largest absolute Gasteiger partial charge is 0.493 e. The first-order chi connectivity index (χ1) is 15.4. The minimum Gasteiger partial charge on any atom is -0.493 e. The van der Waals surface area contributed by atoms with Crippen molar-refractivity contribution in [3.63, 3.8) is 0 Å². The van der Waals surface area contributed by atoms with Crippen LogP contribution < -0.4 is 14.8 Å². The molecule has 3 rings (SSSR count). The second-order valence-corrected chi connectivity index (χ2v) is 9.03. The van der Waals surface area contributed by atoms with Crippen LogP contribution in [-0.2, 0) is 28.0 Å². The summed E-state index contributed by atoms with van der Waals surface area (Å²) in [7, 11) is -0.814. The van der Waals surface area contributed by atoms with E-state index in [4.69, 9.17) is 9.47 Å². The van der Waals surface area contributed by atoms with Gasteiger partial charge in [-0.1, -0.05) is 24.3 Å². The maximum absolute atomic E-state index is 12.5. The molecule has 9 heteroatoms. The number of aromatic nitrogens is 1. The highest BCUT2D eigenvalue weighted by Gasteiger charge is 2.22. The Bertz CT molecular complexity index is 1140. The fourth-order valence-corrected chi connectivity index (χ4v) is 4.05. The molecule has 0 unspecified atom stereocenters. The molecule has 168 valence electrons. The lowest BCUT2D eigenvalue weighted by Crippen LogP contribution is -2.38. The number of sulfonamides is 1. The number of rotatable bonds is 10. The summed E-state index contributed by atoms with van der Waals surface area (Å²) in [6.45, 7) is 0.303. The Labute approximate surface area is 187 Å². The number of pyridine rings is 1. The molecule has 0 radical (unpaired) electrons. The first-order valence-corrected chi connectivity index (χ1v) is 11.3. The second-order valence-electron chi connectivity index (χ2n) is 6.98. The number of nitrogens with one attached hydrogen (secondary N) is 1. The summed E-state index contributed by atoms with van der Waals surface area (Å²) in [5.41, 5.74) is 1.77. The number of hydrogen-bond acceptors (Lipinski definition) is 6. The van der Waals surface area contributed by atoms with E-state index in [0.29, 0.717) is 18.1 Å². The first-order valence-electron chi connectivity index (χ1n) is 9.87. The first kappa shape index (κ1) is 23.2. The summed E-state index contributed by atoms with van der Waals surface area (Å²) < 4.78 is 37.3. The molecule has 0 aliphatic heterocycles. The van der Waals surface area contributed by atoms with Crippen molar-refractivity contribution in [3.8, 4) is 11.5 Å². The van der Waals surface area contributed by atoms with E-state index in [-0.39, 0.29) is 18.0 Å². The molecule has 32 heavy (non-hydrogen) atoms. The number of amides is 1. The van der Waals surface area contributed by atoms with E-state index in [1.54, 1.807) is 49.8 Å². The minimum absolute atomic E-state index is 0.141. The summed E-state index contributed by atoms with van der Waals surface area (Å²) in [6.07, 6.45) is 3.40. The molecule has 0 saturated heterocycles. The van der Waals surface area contributed by atoms with Crippen molar-refractivity contribution >= 4 is 15.9 Å². The van der Waals surface area contributed by atoms with E-state index in [1.165, 1.54) is 19.2 Å². The molecular weight excluding hydrogens is 430 g/mol. The maximum atomic E-state index is 12.5. The summed E-state index contributed by atoms with van der Waals surface area (Å²) in [5, 5.41) is 2.73. The molecule has 1 N–H and O–H groups in total. The van der Waals surface area contributed by atoms with Gasteiger partial charge in [0.1, 0.15) is 6.61 Å². The number of benzene rings is 2. The Hall–Kier alpha value is -3.43. The number of ether oxygens (including phenoxy) is 2. The number of carbonyl (C=O) groups is 1. The van der Waals surface area contributed by atoms with E-state index >= 15 is 0 Å². The van der Waals surface area contributed by atoms with E-state index in [0.717, 1.165) is 15.4 Å². The zero-order chi connectivity index (χ0) is 23.0. The Kier molecular flexibility index (Phi) is 7.80. The van der Waals surface area contributed by atoms with Crippen molar-refractivity contribution in [2.24, 2.45) is 0 Å². The zero-order valence-corrected chi connectivity index (χ0v) is 18.7. The van der Waals surface area contributed by atoms with Crippen LogP contribution in [0.2, 0.25) is 0 Å². The number of likely N-dealkylation sites (N-methyl/N-ethyl adjacent to an activating group) is 1. The van der Waals surface area contributed by atoms with Gasteiger partial charge < -0.3 is 14.8 Å². The third-order valence-electron chi connectivity index (χ3n) is 4.68.